The number of ether oxygens (including phenoxy) is 2. The molecule has 0 aromatic heterocycles. The Morgan fingerprint density at radius 3 is 2.87 bits per heavy atom. The summed E-state index contributed by atoms with van der Waals surface area (Å²) >= 11 is 0. The second-order valence-corrected chi connectivity index (χ2v) is 4.77. The fraction of sp³-hybridized carbons (Fsp3) is 0.750. The van der Waals surface area contributed by atoms with Crippen molar-refractivity contribution in [2.45, 2.75) is 32.1 Å². The molecule has 1 saturated heterocycles. The van der Waals surface area contributed by atoms with E-state index < -0.39 is 0 Å². The molecule has 3 nitrogen and oxygen atoms in total. The lowest BCUT2D eigenvalue weighted by molar-refractivity contribution is -0.136. The van der Waals surface area contributed by atoms with Gasteiger partial charge in [-0.2, -0.15) is 0 Å². The third-order valence-corrected chi connectivity index (χ3v) is 4.08. The zero-order valence-electron chi connectivity index (χ0n) is 8.99. The first-order valence-corrected chi connectivity index (χ1v) is 5.80. The zero-order chi connectivity index (χ0) is 10.4. The summed E-state index contributed by atoms with van der Waals surface area (Å²) in [4.78, 5) is 11.3. The largest absolute Gasteiger partial charge is 0.497 e. The quantitative estimate of drug-likeness (QED) is 0.620. The van der Waals surface area contributed by atoms with Crippen molar-refractivity contribution in [1.29, 1.82) is 0 Å². The van der Waals surface area contributed by atoms with Crippen LogP contribution in [0, 0.1) is 17.8 Å². The van der Waals surface area contributed by atoms with Crippen LogP contribution in [0.3, 0.4) is 0 Å². The third kappa shape index (κ3) is 1.22. The summed E-state index contributed by atoms with van der Waals surface area (Å²) < 4.78 is 10.7. The highest BCUT2D eigenvalue weighted by molar-refractivity contribution is 5.75. The molecule has 0 amide bonds. The maximum absolute atomic E-state index is 11.3. The van der Waals surface area contributed by atoms with Crippen molar-refractivity contribution in [2.24, 2.45) is 17.8 Å². The van der Waals surface area contributed by atoms with Gasteiger partial charge in [0.2, 0.25) is 0 Å². The highest BCUT2D eigenvalue weighted by Crippen LogP contribution is 2.53. The number of esters is 1. The summed E-state index contributed by atoms with van der Waals surface area (Å²) in [5.74, 6) is 3.22. The van der Waals surface area contributed by atoms with Gasteiger partial charge in [-0.05, 0) is 18.8 Å². The lowest BCUT2D eigenvalue weighted by Crippen LogP contribution is -2.22. The average molecular weight is 208 g/mol. The van der Waals surface area contributed by atoms with Gasteiger partial charge in [-0.3, -0.25) is 4.79 Å². The fourth-order valence-corrected chi connectivity index (χ4v) is 3.49. The highest BCUT2D eigenvalue weighted by atomic mass is 16.6. The van der Waals surface area contributed by atoms with Crippen molar-refractivity contribution in [3.8, 4) is 0 Å². The molecule has 0 spiro atoms. The SMILES string of the molecule is COC1=C2OC(=O)C[C@H]2[C@@H]2CCCC[C@H]12. The normalized spacial score (nSPS) is 38.7. The van der Waals surface area contributed by atoms with Gasteiger partial charge in [0.15, 0.2) is 0 Å². The van der Waals surface area contributed by atoms with Gasteiger partial charge in [0, 0.05) is 11.8 Å². The Morgan fingerprint density at radius 2 is 2.07 bits per heavy atom. The molecule has 2 aliphatic carbocycles. The lowest BCUT2D eigenvalue weighted by Gasteiger charge is -2.28. The number of methoxy groups -OCH3 is 1. The molecule has 0 bridgehead atoms. The number of rotatable bonds is 1. The predicted molar refractivity (Wildman–Crippen MR) is 53.7 cm³/mol. The molecule has 1 saturated carbocycles. The number of allylic oxidation sites excluding steroid dienone is 2. The Balaban J connectivity index is 1.97. The van der Waals surface area contributed by atoms with Gasteiger partial charge < -0.3 is 9.47 Å². The van der Waals surface area contributed by atoms with Gasteiger partial charge in [0.1, 0.15) is 11.5 Å². The van der Waals surface area contributed by atoms with E-state index in [4.69, 9.17) is 9.47 Å². The first kappa shape index (κ1) is 9.25. The summed E-state index contributed by atoms with van der Waals surface area (Å²) in [6.07, 6.45) is 5.56. The standard InChI is InChI=1S/C12H16O3/c1-14-11-8-5-3-2-4-7(8)9-6-10(13)15-12(9)11/h7-9H,2-6H2,1H3/t7-,8+,9+/m1/s1. The van der Waals surface area contributed by atoms with Crippen molar-refractivity contribution in [3.05, 3.63) is 11.5 Å². The molecular formula is C12H16O3. The first-order valence-electron chi connectivity index (χ1n) is 5.80. The second kappa shape index (κ2) is 3.26. The average Bonchev–Trinajstić information content (AvgIpc) is 2.73. The monoisotopic (exact) mass is 208 g/mol. The van der Waals surface area contributed by atoms with Crippen LogP contribution in [-0.2, 0) is 14.3 Å². The molecular weight excluding hydrogens is 192 g/mol. The van der Waals surface area contributed by atoms with Crippen molar-refractivity contribution in [2.75, 3.05) is 7.11 Å². The fourth-order valence-electron chi connectivity index (χ4n) is 3.49. The molecule has 0 unspecified atom stereocenters. The Hall–Kier alpha value is -0.990. The van der Waals surface area contributed by atoms with Crippen molar-refractivity contribution in [1.82, 2.24) is 0 Å². The Labute approximate surface area is 89.4 Å². The molecule has 3 heteroatoms. The van der Waals surface area contributed by atoms with Crippen LogP contribution in [0.5, 0.6) is 0 Å². The minimum Gasteiger partial charge on any atom is -0.497 e. The molecule has 15 heavy (non-hydrogen) atoms. The molecule has 3 aliphatic rings. The molecule has 1 heterocycles. The van der Waals surface area contributed by atoms with Crippen molar-refractivity contribution >= 4 is 5.97 Å². The smallest absolute Gasteiger partial charge is 0.311 e. The van der Waals surface area contributed by atoms with Crippen molar-refractivity contribution < 1.29 is 14.3 Å². The predicted octanol–water partition coefficient (Wildman–Crippen LogP) is 2.23. The van der Waals surface area contributed by atoms with Crippen LogP contribution < -0.4 is 0 Å². The third-order valence-electron chi connectivity index (χ3n) is 4.08. The van der Waals surface area contributed by atoms with Crippen LogP contribution >= 0.6 is 0 Å². The minimum atomic E-state index is -0.0754. The number of fused-ring (bicyclic) bond motifs is 3. The van der Waals surface area contributed by atoms with E-state index in [1.165, 1.54) is 25.7 Å². The minimum absolute atomic E-state index is 0.0754. The van der Waals surface area contributed by atoms with E-state index in [9.17, 15) is 4.79 Å². The summed E-state index contributed by atoms with van der Waals surface area (Å²) in [5.41, 5.74) is 0. The molecule has 3 atom stereocenters. The molecule has 0 N–H and O–H groups in total. The summed E-state index contributed by atoms with van der Waals surface area (Å²) in [7, 11) is 1.70. The van der Waals surface area contributed by atoms with Gasteiger partial charge in [-0.15, -0.1) is 0 Å². The Bertz CT molecular complexity index is 332. The Kier molecular flexibility index (Phi) is 2.01. The van der Waals surface area contributed by atoms with E-state index in [-0.39, 0.29) is 5.97 Å². The van der Waals surface area contributed by atoms with Gasteiger partial charge in [-0.1, -0.05) is 12.8 Å². The molecule has 3 rings (SSSR count). The van der Waals surface area contributed by atoms with Crippen molar-refractivity contribution in [3.63, 3.8) is 0 Å². The van der Waals surface area contributed by atoms with Crippen LogP contribution in [0.2, 0.25) is 0 Å². The van der Waals surface area contributed by atoms with Crippen LogP contribution in [-0.4, -0.2) is 13.1 Å². The number of hydrogen-bond acceptors (Lipinski definition) is 3. The topological polar surface area (TPSA) is 35.5 Å². The van der Waals surface area contributed by atoms with Gasteiger partial charge in [0.05, 0.1) is 13.5 Å². The molecule has 0 aromatic rings. The number of carbonyl (C=O) groups is 1. The maximum atomic E-state index is 11.3. The highest BCUT2D eigenvalue weighted by Gasteiger charge is 2.50. The maximum Gasteiger partial charge on any atom is 0.311 e. The Morgan fingerprint density at radius 1 is 1.27 bits per heavy atom. The van der Waals surface area contributed by atoms with Crippen LogP contribution in [0.15, 0.2) is 11.5 Å². The van der Waals surface area contributed by atoms with E-state index in [0.29, 0.717) is 24.2 Å². The van der Waals surface area contributed by atoms with Crippen LogP contribution in [0.1, 0.15) is 32.1 Å². The summed E-state index contributed by atoms with van der Waals surface area (Å²) in [5, 5.41) is 0. The molecule has 0 aromatic carbocycles. The molecule has 2 fully saturated rings. The summed E-state index contributed by atoms with van der Waals surface area (Å²) in [6.45, 7) is 0. The molecule has 0 radical (unpaired) electrons. The van der Waals surface area contributed by atoms with Gasteiger partial charge in [0.25, 0.3) is 0 Å². The van der Waals surface area contributed by atoms with E-state index in [0.717, 1.165) is 11.5 Å². The summed E-state index contributed by atoms with van der Waals surface area (Å²) in [6, 6.07) is 0. The first-order chi connectivity index (χ1) is 7.31. The van der Waals surface area contributed by atoms with E-state index >= 15 is 0 Å². The lowest BCUT2D eigenvalue weighted by atomic mass is 9.76. The molecule has 82 valence electrons. The van der Waals surface area contributed by atoms with Gasteiger partial charge >= 0.3 is 5.97 Å². The molecule has 1 aliphatic heterocycles. The number of carbonyl (C=O) groups excluding carboxylic acids is 1. The van der Waals surface area contributed by atoms with Crippen LogP contribution in [0.25, 0.3) is 0 Å². The van der Waals surface area contributed by atoms with E-state index in [1.54, 1.807) is 7.11 Å². The number of hydrogen-bond donors (Lipinski definition) is 0. The van der Waals surface area contributed by atoms with E-state index in [2.05, 4.69) is 0 Å². The van der Waals surface area contributed by atoms with Gasteiger partial charge in [-0.25, -0.2) is 0 Å². The van der Waals surface area contributed by atoms with E-state index in [1.807, 2.05) is 0 Å². The van der Waals surface area contributed by atoms with Crippen LogP contribution in [0.4, 0.5) is 0 Å². The second-order valence-electron chi connectivity index (χ2n) is 4.77. The zero-order valence-corrected chi connectivity index (χ0v) is 8.99.